The number of allylic oxidation sites excluding steroid dienone is 2. The molecule has 0 saturated heterocycles. The summed E-state index contributed by atoms with van der Waals surface area (Å²) in [7, 11) is 0. The van der Waals surface area contributed by atoms with Crippen LogP contribution in [0.15, 0.2) is 11.8 Å². The van der Waals surface area contributed by atoms with Gasteiger partial charge in [-0.2, -0.15) is 0 Å². The van der Waals surface area contributed by atoms with Crippen molar-refractivity contribution < 1.29 is 9.53 Å². The third kappa shape index (κ3) is 5.45. The number of amides is 1. The van der Waals surface area contributed by atoms with Crippen molar-refractivity contribution >= 4 is 6.09 Å². The van der Waals surface area contributed by atoms with Gasteiger partial charge in [0.1, 0.15) is 5.76 Å². The fourth-order valence-electron chi connectivity index (χ4n) is 1.60. The van der Waals surface area contributed by atoms with Crippen molar-refractivity contribution in [2.75, 3.05) is 6.54 Å². The van der Waals surface area contributed by atoms with Gasteiger partial charge in [-0.15, -0.1) is 0 Å². The van der Waals surface area contributed by atoms with Crippen LogP contribution < -0.4 is 5.32 Å². The number of alkyl carbamates (subject to hydrolysis) is 1. The minimum absolute atomic E-state index is 0.342. The number of hydrogen-bond acceptors (Lipinski definition) is 2. The van der Waals surface area contributed by atoms with Crippen LogP contribution in [0.25, 0.3) is 0 Å². The first kappa shape index (κ1) is 12.1. The molecule has 15 heavy (non-hydrogen) atoms. The number of carbonyl (C=O) groups is 1. The predicted molar refractivity (Wildman–Crippen MR) is 60.2 cm³/mol. The van der Waals surface area contributed by atoms with Crippen LogP contribution in [0.1, 0.15) is 44.9 Å². The van der Waals surface area contributed by atoms with Gasteiger partial charge < -0.3 is 10.1 Å². The number of nitrogens with one attached hydrogen (secondary N) is 1. The predicted octanol–water partition coefficient (Wildman–Crippen LogP) is 3.17. The lowest BCUT2D eigenvalue weighted by molar-refractivity contribution is 0.171. The number of hydrogen-bond donors (Lipinski definition) is 1. The molecule has 1 rings (SSSR count). The van der Waals surface area contributed by atoms with Gasteiger partial charge in [0.15, 0.2) is 0 Å². The van der Waals surface area contributed by atoms with Gasteiger partial charge in [0.2, 0.25) is 0 Å². The van der Waals surface area contributed by atoms with E-state index in [2.05, 4.69) is 12.2 Å². The molecule has 1 radical (unpaired) electrons. The molecule has 1 N–H and O–H groups in total. The second-order valence-corrected chi connectivity index (χ2v) is 3.79. The molecular weight excluding hydrogens is 190 g/mol. The fraction of sp³-hybridized carbons (Fsp3) is 0.667. The van der Waals surface area contributed by atoms with E-state index in [1.54, 1.807) is 0 Å². The maximum atomic E-state index is 11.3. The highest BCUT2D eigenvalue weighted by atomic mass is 16.6. The molecule has 3 heteroatoms. The van der Waals surface area contributed by atoms with E-state index < -0.39 is 0 Å². The lowest BCUT2D eigenvalue weighted by atomic mass is 10.1. The van der Waals surface area contributed by atoms with Crippen LogP contribution in [0.3, 0.4) is 0 Å². The van der Waals surface area contributed by atoms with Gasteiger partial charge in [-0.25, -0.2) is 4.79 Å². The van der Waals surface area contributed by atoms with E-state index in [4.69, 9.17) is 4.74 Å². The maximum Gasteiger partial charge on any atom is 0.412 e. The highest BCUT2D eigenvalue weighted by Crippen LogP contribution is 2.17. The molecule has 0 aromatic carbocycles. The topological polar surface area (TPSA) is 38.3 Å². The van der Waals surface area contributed by atoms with Crippen LogP contribution in [0.5, 0.6) is 0 Å². The van der Waals surface area contributed by atoms with Crippen molar-refractivity contribution in [3.8, 4) is 0 Å². The summed E-state index contributed by atoms with van der Waals surface area (Å²) in [5, 5.41) is 2.65. The third-order valence-corrected chi connectivity index (χ3v) is 2.42. The van der Waals surface area contributed by atoms with Crippen LogP contribution in [0.2, 0.25) is 0 Å². The molecule has 0 fully saturated rings. The normalized spacial score (nSPS) is 17.3. The largest absolute Gasteiger partial charge is 0.415 e. The Balaban J connectivity index is 2.30. The zero-order valence-electron chi connectivity index (χ0n) is 9.26. The van der Waals surface area contributed by atoms with E-state index in [1.165, 1.54) is 19.3 Å². The molecule has 1 amide bonds. The number of ether oxygens (including phenoxy) is 1. The standard InChI is InChI=1S/C12H20NO2/c1-2-10-13-12(14)15-11-8-6-4-3-5-7-9-11/h8H,1-7,9-10H2,(H,13,14). The van der Waals surface area contributed by atoms with Crippen LogP contribution >= 0.6 is 0 Å². The van der Waals surface area contributed by atoms with Gasteiger partial charge in [0, 0.05) is 13.0 Å². The van der Waals surface area contributed by atoms with Crippen molar-refractivity contribution in [2.45, 2.75) is 44.9 Å². The summed E-state index contributed by atoms with van der Waals surface area (Å²) < 4.78 is 5.21. The average Bonchev–Trinajstić information content (AvgIpc) is 2.19. The lowest BCUT2D eigenvalue weighted by Gasteiger charge is -2.12. The van der Waals surface area contributed by atoms with Gasteiger partial charge in [-0.3, -0.25) is 0 Å². The number of rotatable bonds is 3. The Morgan fingerprint density at radius 3 is 3.00 bits per heavy atom. The summed E-state index contributed by atoms with van der Waals surface area (Å²) >= 11 is 0. The van der Waals surface area contributed by atoms with Crippen molar-refractivity contribution in [3.05, 3.63) is 18.8 Å². The molecule has 0 atom stereocenters. The molecule has 0 saturated carbocycles. The zero-order valence-corrected chi connectivity index (χ0v) is 9.26. The summed E-state index contributed by atoms with van der Waals surface area (Å²) in [6.07, 6.45) is 9.15. The van der Waals surface area contributed by atoms with Crippen molar-refractivity contribution in [2.24, 2.45) is 0 Å². The van der Waals surface area contributed by atoms with Gasteiger partial charge in [0.25, 0.3) is 0 Å². The monoisotopic (exact) mass is 210 g/mol. The SMILES string of the molecule is [CH2]CCNC(=O)OC1=CCCCCCC1. The molecule has 0 bridgehead atoms. The minimum Gasteiger partial charge on any atom is -0.415 e. The molecule has 0 unspecified atom stereocenters. The molecule has 3 nitrogen and oxygen atoms in total. The Hall–Kier alpha value is -0.990. The molecular formula is C12H20NO2. The summed E-state index contributed by atoms with van der Waals surface area (Å²) in [6, 6.07) is 0. The molecule has 1 aliphatic carbocycles. The number of carbonyl (C=O) groups excluding carboxylic acids is 1. The molecule has 0 aromatic heterocycles. The van der Waals surface area contributed by atoms with Crippen molar-refractivity contribution in [1.29, 1.82) is 0 Å². The molecule has 0 aliphatic heterocycles. The van der Waals surface area contributed by atoms with E-state index in [9.17, 15) is 4.79 Å². The van der Waals surface area contributed by atoms with E-state index in [-0.39, 0.29) is 6.09 Å². The molecule has 0 spiro atoms. The fourth-order valence-corrected chi connectivity index (χ4v) is 1.60. The first-order valence-corrected chi connectivity index (χ1v) is 5.77. The quantitative estimate of drug-likeness (QED) is 0.777. The average molecular weight is 210 g/mol. The third-order valence-electron chi connectivity index (χ3n) is 2.42. The van der Waals surface area contributed by atoms with E-state index >= 15 is 0 Å². The van der Waals surface area contributed by atoms with Crippen molar-refractivity contribution in [3.63, 3.8) is 0 Å². The smallest absolute Gasteiger partial charge is 0.412 e. The highest BCUT2D eigenvalue weighted by molar-refractivity contribution is 5.68. The van der Waals surface area contributed by atoms with Crippen LogP contribution in [-0.2, 0) is 4.74 Å². The lowest BCUT2D eigenvalue weighted by Crippen LogP contribution is -2.24. The zero-order chi connectivity index (χ0) is 10.9. The van der Waals surface area contributed by atoms with Gasteiger partial charge in [0.05, 0.1) is 0 Å². The minimum atomic E-state index is -0.342. The molecule has 0 heterocycles. The summed E-state index contributed by atoms with van der Waals surface area (Å²) in [4.78, 5) is 11.3. The molecule has 1 aliphatic rings. The van der Waals surface area contributed by atoms with Gasteiger partial charge >= 0.3 is 6.09 Å². The Morgan fingerprint density at radius 1 is 1.40 bits per heavy atom. The van der Waals surface area contributed by atoms with Gasteiger partial charge in [-0.1, -0.05) is 19.8 Å². The first-order chi connectivity index (χ1) is 7.33. The molecule has 85 valence electrons. The van der Waals surface area contributed by atoms with E-state index in [0.29, 0.717) is 13.0 Å². The Bertz CT molecular complexity index is 224. The maximum absolute atomic E-state index is 11.3. The Morgan fingerprint density at radius 2 is 2.20 bits per heavy atom. The van der Waals surface area contributed by atoms with Crippen LogP contribution in [0.4, 0.5) is 4.79 Å². The molecule has 0 aromatic rings. The Labute approximate surface area is 91.9 Å². The second kappa shape index (κ2) is 7.32. The second-order valence-electron chi connectivity index (χ2n) is 3.79. The van der Waals surface area contributed by atoms with Crippen LogP contribution in [-0.4, -0.2) is 12.6 Å². The van der Waals surface area contributed by atoms with E-state index in [0.717, 1.165) is 25.0 Å². The summed E-state index contributed by atoms with van der Waals surface area (Å²) in [5.74, 6) is 0.830. The Kier molecular flexibility index (Phi) is 5.90. The summed E-state index contributed by atoms with van der Waals surface area (Å²) in [5.41, 5.74) is 0. The van der Waals surface area contributed by atoms with E-state index in [1.807, 2.05) is 6.08 Å². The highest BCUT2D eigenvalue weighted by Gasteiger charge is 2.07. The first-order valence-electron chi connectivity index (χ1n) is 5.77. The van der Waals surface area contributed by atoms with Crippen LogP contribution in [0, 0.1) is 6.92 Å². The van der Waals surface area contributed by atoms with Crippen molar-refractivity contribution in [1.82, 2.24) is 5.32 Å². The van der Waals surface area contributed by atoms with Gasteiger partial charge in [-0.05, 0) is 31.8 Å². The summed E-state index contributed by atoms with van der Waals surface area (Å²) in [6.45, 7) is 4.22.